The van der Waals surface area contributed by atoms with Crippen molar-refractivity contribution in [3.8, 4) is 17.1 Å². The van der Waals surface area contributed by atoms with Gasteiger partial charge in [-0.3, -0.25) is 10.4 Å². The molecule has 1 aliphatic heterocycles. The summed E-state index contributed by atoms with van der Waals surface area (Å²) in [5.74, 6) is 1.12. The third-order valence-corrected chi connectivity index (χ3v) is 4.27. The fourth-order valence-corrected chi connectivity index (χ4v) is 2.95. The number of nitrogens with zero attached hydrogens (tertiary/aromatic N) is 4. The number of hydrogen-bond donors (Lipinski definition) is 2. The molecule has 0 atom stereocenters. The number of fused-ring (bicyclic) bond motifs is 1. The van der Waals surface area contributed by atoms with E-state index in [2.05, 4.69) is 36.4 Å². The first-order valence-electron chi connectivity index (χ1n) is 8.85. The van der Waals surface area contributed by atoms with Gasteiger partial charge in [0.2, 0.25) is 11.8 Å². The molecule has 3 heterocycles. The SMILES string of the molecule is CN(C)CCCOc1cncc(-c2ccc3[nH]cc(C4=NNCO4)c3c2)n1. The Labute approximate surface area is 157 Å². The van der Waals surface area contributed by atoms with Crippen LogP contribution in [-0.2, 0) is 4.74 Å². The largest absolute Gasteiger partial charge is 0.477 e. The van der Waals surface area contributed by atoms with Crippen molar-refractivity contribution in [2.75, 3.05) is 34.0 Å². The molecule has 2 N–H and O–H groups in total. The van der Waals surface area contributed by atoms with Gasteiger partial charge in [0.05, 0.1) is 30.3 Å². The van der Waals surface area contributed by atoms with Crippen LogP contribution in [0.15, 0.2) is 41.9 Å². The van der Waals surface area contributed by atoms with Gasteiger partial charge < -0.3 is 19.4 Å². The van der Waals surface area contributed by atoms with E-state index < -0.39 is 0 Å². The Hall–Kier alpha value is -3.13. The molecule has 0 fully saturated rings. The molecule has 8 nitrogen and oxygen atoms in total. The summed E-state index contributed by atoms with van der Waals surface area (Å²) in [5, 5.41) is 5.19. The highest BCUT2D eigenvalue weighted by molar-refractivity contribution is 6.07. The molecule has 0 saturated heterocycles. The maximum absolute atomic E-state index is 5.74. The van der Waals surface area contributed by atoms with Crippen LogP contribution in [-0.4, -0.2) is 59.7 Å². The van der Waals surface area contributed by atoms with Gasteiger partial charge in [-0.2, -0.15) is 0 Å². The van der Waals surface area contributed by atoms with Crippen molar-refractivity contribution in [1.29, 1.82) is 0 Å². The van der Waals surface area contributed by atoms with Gasteiger partial charge in [0, 0.05) is 29.2 Å². The number of hydrazone groups is 1. The molecular weight excluding hydrogens is 344 g/mol. The van der Waals surface area contributed by atoms with E-state index in [0.29, 0.717) is 25.1 Å². The third kappa shape index (κ3) is 3.85. The minimum Gasteiger partial charge on any atom is -0.477 e. The number of ether oxygens (including phenoxy) is 2. The molecule has 140 valence electrons. The molecule has 0 spiro atoms. The van der Waals surface area contributed by atoms with E-state index in [9.17, 15) is 0 Å². The van der Waals surface area contributed by atoms with E-state index in [1.165, 1.54) is 0 Å². The van der Waals surface area contributed by atoms with Crippen molar-refractivity contribution >= 4 is 16.8 Å². The molecule has 1 aromatic carbocycles. The Morgan fingerprint density at radius 3 is 3.00 bits per heavy atom. The maximum Gasteiger partial charge on any atom is 0.241 e. The maximum atomic E-state index is 5.74. The first-order valence-corrected chi connectivity index (χ1v) is 8.85. The van der Waals surface area contributed by atoms with Gasteiger partial charge in [0.15, 0.2) is 6.73 Å². The summed E-state index contributed by atoms with van der Waals surface area (Å²) in [6.07, 6.45) is 6.22. The Morgan fingerprint density at radius 2 is 2.19 bits per heavy atom. The highest BCUT2D eigenvalue weighted by atomic mass is 16.5. The van der Waals surface area contributed by atoms with E-state index in [1.54, 1.807) is 12.4 Å². The van der Waals surface area contributed by atoms with Crippen molar-refractivity contribution in [3.63, 3.8) is 0 Å². The summed E-state index contributed by atoms with van der Waals surface area (Å²) >= 11 is 0. The second-order valence-electron chi connectivity index (χ2n) is 6.57. The van der Waals surface area contributed by atoms with Gasteiger partial charge in [-0.1, -0.05) is 6.07 Å². The predicted molar refractivity (Wildman–Crippen MR) is 104 cm³/mol. The topological polar surface area (TPSA) is 87.7 Å². The fourth-order valence-electron chi connectivity index (χ4n) is 2.95. The lowest BCUT2D eigenvalue weighted by atomic mass is 10.1. The second-order valence-corrected chi connectivity index (χ2v) is 6.57. The number of benzene rings is 1. The molecule has 0 saturated carbocycles. The van der Waals surface area contributed by atoms with Crippen molar-refractivity contribution in [1.82, 2.24) is 25.3 Å². The minimum absolute atomic E-state index is 0.389. The van der Waals surface area contributed by atoms with E-state index in [0.717, 1.165) is 40.7 Å². The monoisotopic (exact) mass is 366 g/mol. The lowest BCUT2D eigenvalue weighted by Gasteiger charge is -2.10. The van der Waals surface area contributed by atoms with Crippen LogP contribution in [0.25, 0.3) is 22.2 Å². The average Bonchev–Trinajstić information content (AvgIpc) is 3.34. The van der Waals surface area contributed by atoms with Crippen LogP contribution >= 0.6 is 0 Å². The van der Waals surface area contributed by atoms with Gasteiger partial charge in [-0.05, 0) is 32.6 Å². The van der Waals surface area contributed by atoms with Gasteiger partial charge in [0.25, 0.3) is 0 Å². The van der Waals surface area contributed by atoms with Crippen LogP contribution in [0.2, 0.25) is 0 Å². The molecule has 27 heavy (non-hydrogen) atoms. The summed E-state index contributed by atoms with van der Waals surface area (Å²) in [4.78, 5) is 14.2. The number of aromatic amines is 1. The highest BCUT2D eigenvalue weighted by Crippen LogP contribution is 2.27. The summed E-state index contributed by atoms with van der Waals surface area (Å²) < 4.78 is 11.3. The summed E-state index contributed by atoms with van der Waals surface area (Å²) in [6, 6.07) is 6.09. The van der Waals surface area contributed by atoms with Crippen molar-refractivity contribution < 1.29 is 9.47 Å². The smallest absolute Gasteiger partial charge is 0.241 e. The molecule has 3 aromatic rings. The molecule has 8 heteroatoms. The molecule has 0 radical (unpaired) electrons. The minimum atomic E-state index is 0.389. The standard InChI is InChI=1S/C19H22N6O2/c1-25(2)6-3-7-26-18-11-20-10-17(23-18)13-4-5-16-14(8-13)15(9-21-16)19-24-22-12-27-19/h4-5,8-11,21-22H,3,6-7,12H2,1-2H3. The van der Waals surface area contributed by atoms with Gasteiger partial charge in [-0.15, -0.1) is 5.10 Å². The van der Waals surface area contributed by atoms with Crippen LogP contribution in [0.4, 0.5) is 0 Å². The zero-order valence-electron chi connectivity index (χ0n) is 15.4. The third-order valence-electron chi connectivity index (χ3n) is 4.27. The molecule has 0 aliphatic carbocycles. The first-order chi connectivity index (χ1) is 13.2. The van der Waals surface area contributed by atoms with Crippen LogP contribution in [0.1, 0.15) is 12.0 Å². The number of rotatable bonds is 7. The molecule has 4 rings (SSSR count). The van der Waals surface area contributed by atoms with E-state index in [4.69, 9.17) is 9.47 Å². The first kappa shape index (κ1) is 17.3. The molecule has 0 amide bonds. The quantitative estimate of drug-likeness (QED) is 0.623. The number of H-pyrrole nitrogens is 1. The number of aromatic nitrogens is 3. The van der Waals surface area contributed by atoms with E-state index in [1.807, 2.05) is 32.4 Å². The predicted octanol–water partition coefficient (Wildman–Crippen LogP) is 2.19. The van der Waals surface area contributed by atoms with Crippen LogP contribution in [0.5, 0.6) is 5.88 Å². The Kier molecular flexibility index (Phi) is 4.88. The highest BCUT2D eigenvalue weighted by Gasteiger charge is 2.16. The summed E-state index contributed by atoms with van der Waals surface area (Å²) in [7, 11) is 4.09. The van der Waals surface area contributed by atoms with Crippen molar-refractivity contribution in [2.45, 2.75) is 6.42 Å². The molecule has 1 aliphatic rings. The molecule has 0 bridgehead atoms. The second kappa shape index (κ2) is 7.63. The Morgan fingerprint density at radius 1 is 1.26 bits per heavy atom. The fraction of sp³-hybridized carbons (Fsp3) is 0.316. The average molecular weight is 366 g/mol. The normalized spacial score (nSPS) is 13.5. The molecule has 0 unspecified atom stereocenters. The van der Waals surface area contributed by atoms with E-state index >= 15 is 0 Å². The summed E-state index contributed by atoms with van der Waals surface area (Å²) in [5.41, 5.74) is 6.47. The lowest BCUT2D eigenvalue weighted by Crippen LogP contribution is -2.15. The zero-order chi connectivity index (χ0) is 18.6. The van der Waals surface area contributed by atoms with Gasteiger partial charge >= 0.3 is 0 Å². The zero-order valence-corrected chi connectivity index (χ0v) is 15.4. The van der Waals surface area contributed by atoms with Crippen LogP contribution in [0, 0.1) is 0 Å². The molecule has 2 aromatic heterocycles. The number of hydrogen-bond acceptors (Lipinski definition) is 7. The van der Waals surface area contributed by atoms with Crippen molar-refractivity contribution in [2.24, 2.45) is 5.10 Å². The van der Waals surface area contributed by atoms with Gasteiger partial charge in [0.1, 0.15) is 0 Å². The van der Waals surface area contributed by atoms with Crippen LogP contribution in [0.3, 0.4) is 0 Å². The number of nitrogens with one attached hydrogen (secondary N) is 2. The van der Waals surface area contributed by atoms with Gasteiger partial charge in [-0.25, -0.2) is 4.98 Å². The van der Waals surface area contributed by atoms with Crippen molar-refractivity contribution in [3.05, 3.63) is 42.4 Å². The Bertz CT molecular complexity index is 966. The van der Waals surface area contributed by atoms with E-state index in [-0.39, 0.29) is 0 Å². The Balaban J connectivity index is 1.57. The summed E-state index contributed by atoms with van der Waals surface area (Å²) in [6.45, 7) is 1.97. The molecular formula is C19H22N6O2. The lowest BCUT2D eigenvalue weighted by molar-refractivity contribution is 0.272. The van der Waals surface area contributed by atoms with Crippen LogP contribution < -0.4 is 10.2 Å².